The second kappa shape index (κ2) is 6.73. The predicted octanol–water partition coefficient (Wildman–Crippen LogP) is 1.32. The highest BCUT2D eigenvalue weighted by atomic mass is 16.4. The summed E-state index contributed by atoms with van der Waals surface area (Å²) in [6.45, 7) is 10.4. The Kier molecular flexibility index (Phi) is 5.59. The van der Waals surface area contributed by atoms with Gasteiger partial charge in [0.1, 0.15) is 0 Å². The van der Waals surface area contributed by atoms with E-state index >= 15 is 0 Å². The molecule has 0 aromatic rings. The molecule has 0 radical (unpaired) electrons. The fourth-order valence-corrected chi connectivity index (χ4v) is 2.17. The molecule has 0 aromatic carbocycles. The van der Waals surface area contributed by atoms with E-state index in [-0.39, 0.29) is 17.9 Å². The van der Waals surface area contributed by atoms with Gasteiger partial charge in [-0.3, -0.25) is 9.69 Å². The van der Waals surface area contributed by atoms with Gasteiger partial charge >= 0.3 is 0 Å². The Morgan fingerprint density at radius 2 is 2.22 bits per heavy atom. The van der Waals surface area contributed by atoms with E-state index in [0.29, 0.717) is 5.92 Å². The van der Waals surface area contributed by atoms with Gasteiger partial charge < -0.3 is 10.5 Å². The number of carbonyl (C=O) groups excluding carboxylic acids is 1. The first-order valence-electron chi connectivity index (χ1n) is 6.68. The lowest BCUT2D eigenvalue weighted by molar-refractivity contribution is -0.126. The average Bonchev–Trinajstić information content (AvgIpc) is 2.34. The van der Waals surface area contributed by atoms with E-state index in [0.717, 1.165) is 31.8 Å². The topological polar surface area (TPSA) is 64.9 Å². The largest absolute Gasteiger partial charge is 0.411 e. The molecule has 1 aliphatic heterocycles. The van der Waals surface area contributed by atoms with Crippen molar-refractivity contribution >= 4 is 11.6 Å². The summed E-state index contributed by atoms with van der Waals surface area (Å²) in [5.74, 6) is 0.763. The maximum atomic E-state index is 12.0. The number of nitrogens with zero attached hydrogens (tertiary/aromatic N) is 2. The SMILES string of the molecule is CC(C)CNC(=O)C(C)N1CCC(=NO)C(C)C1. The Morgan fingerprint density at radius 1 is 1.56 bits per heavy atom. The monoisotopic (exact) mass is 255 g/mol. The van der Waals surface area contributed by atoms with E-state index in [4.69, 9.17) is 5.21 Å². The summed E-state index contributed by atoms with van der Waals surface area (Å²) < 4.78 is 0. The molecule has 2 atom stereocenters. The van der Waals surface area contributed by atoms with Crippen LogP contribution in [0.4, 0.5) is 0 Å². The number of likely N-dealkylation sites (tertiary alicyclic amines) is 1. The van der Waals surface area contributed by atoms with Gasteiger partial charge in [0.25, 0.3) is 0 Å². The molecule has 1 aliphatic rings. The second-order valence-electron chi connectivity index (χ2n) is 5.55. The van der Waals surface area contributed by atoms with Gasteiger partial charge in [-0.25, -0.2) is 0 Å². The molecule has 0 bridgehead atoms. The zero-order chi connectivity index (χ0) is 13.7. The molecule has 1 fully saturated rings. The lowest BCUT2D eigenvalue weighted by atomic mass is 9.96. The van der Waals surface area contributed by atoms with Gasteiger partial charge in [-0.15, -0.1) is 0 Å². The van der Waals surface area contributed by atoms with Crippen molar-refractivity contribution in [3.8, 4) is 0 Å². The molecule has 0 aliphatic carbocycles. The number of hydrogen-bond donors (Lipinski definition) is 2. The van der Waals surface area contributed by atoms with E-state index in [1.165, 1.54) is 0 Å². The summed E-state index contributed by atoms with van der Waals surface area (Å²) in [5, 5.41) is 15.1. The van der Waals surface area contributed by atoms with E-state index < -0.39 is 0 Å². The highest BCUT2D eigenvalue weighted by Gasteiger charge is 2.28. The summed E-state index contributed by atoms with van der Waals surface area (Å²) in [5.41, 5.74) is 0.834. The van der Waals surface area contributed by atoms with Crippen LogP contribution in [0, 0.1) is 11.8 Å². The van der Waals surface area contributed by atoms with Gasteiger partial charge in [0, 0.05) is 32.0 Å². The van der Waals surface area contributed by atoms with Crippen LogP contribution < -0.4 is 5.32 Å². The highest BCUT2D eigenvalue weighted by Crippen LogP contribution is 2.16. The van der Waals surface area contributed by atoms with Crippen LogP contribution in [-0.2, 0) is 4.79 Å². The molecule has 2 N–H and O–H groups in total. The number of nitrogens with one attached hydrogen (secondary N) is 1. The van der Waals surface area contributed by atoms with Crippen molar-refractivity contribution in [3.05, 3.63) is 0 Å². The molecular formula is C13H25N3O2. The van der Waals surface area contributed by atoms with Gasteiger partial charge in [-0.2, -0.15) is 0 Å². The first-order valence-corrected chi connectivity index (χ1v) is 6.68. The van der Waals surface area contributed by atoms with Crippen LogP contribution in [0.25, 0.3) is 0 Å². The third-order valence-corrected chi connectivity index (χ3v) is 3.47. The van der Waals surface area contributed by atoms with E-state index in [1.807, 2.05) is 13.8 Å². The van der Waals surface area contributed by atoms with Gasteiger partial charge in [0.15, 0.2) is 0 Å². The summed E-state index contributed by atoms with van der Waals surface area (Å²) in [7, 11) is 0. The van der Waals surface area contributed by atoms with Gasteiger partial charge in [-0.05, 0) is 12.8 Å². The molecule has 1 amide bonds. The molecule has 0 aromatic heterocycles. The Balaban J connectivity index is 2.47. The van der Waals surface area contributed by atoms with Crippen molar-refractivity contribution in [3.63, 3.8) is 0 Å². The number of hydrogen-bond acceptors (Lipinski definition) is 4. The maximum Gasteiger partial charge on any atom is 0.237 e. The van der Waals surface area contributed by atoms with Gasteiger partial charge in [-0.1, -0.05) is 25.9 Å². The second-order valence-corrected chi connectivity index (χ2v) is 5.55. The molecule has 1 saturated heterocycles. The van der Waals surface area contributed by atoms with Crippen molar-refractivity contribution < 1.29 is 10.0 Å². The number of rotatable bonds is 4. The third-order valence-electron chi connectivity index (χ3n) is 3.47. The molecule has 0 saturated carbocycles. The fourth-order valence-electron chi connectivity index (χ4n) is 2.17. The quantitative estimate of drug-likeness (QED) is 0.588. The minimum Gasteiger partial charge on any atom is -0.411 e. The summed E-state index contributed by atoms with van der Waals surface area (Å²) in [6.07, 6.45) is 0.736. The van der Waals surface area contributed by atoms with Crippen LogP contribution in [0.2, 0.25) is 0 Å². The number of piperidine rings is 1. The fraction of sp³-hybridized carbons (Fsp3) is 0.846. The Bertz CT molecular complexity index is 315. The first kappa shape index (κ1) is 15.0. The molecule has 0 spiro atoms. The number of carbonyl (C=O) groups is 1. The van der Waals surface area contributed by atoms with Crippen LogP contribution in [-0.4, -0.2) is 47.4 Å². The minimum atomic E-state index is -0.119. The first-order chi connectivity index (χ1) is 8.45. The predicted molar refractivity (Wildman–Crippen MR) is 71.9 cm³/mol. The van der Waals surface area contributed by atoms with E-state index in [1.54, 1.807) is 0 Å². The van der Waals surface area contributed by atoms with Gasteiger partial charge in [0.2, 0.25) is 5.91 Å². The minimum absolute atomic E-state index is 0.0836. The van der Waals surface area contributed by atoms with Crippen LogP contribution in [0.3, 0.4) is 0 Å². The Labute approximate surface area is 109 Å². The van der Waals surface area contributed by atoms with Gasteiger partial charge in [0.05, 0.1) is 11.8 Å². The summed E-state index contributed by atoms with van der Waals surface area (Å²) >= 11 is 0. The van der Waals surface area contributed by atoms with Crippen molar-refractivity contribution in [2.45, 2.75) is 40.2 Å². The Morgan fingerprint density at radius 3 is 2.72 bits per heavy atom. The average molecular weight is 255 g/mol. The molecule has 5 nitrogen and oxygen atoms in total. The molecule has 5 heteroatoms. The number of oxime groups is 1. The lowest BCUT2D eigenvalue weighted by Gasteiger charge is -2.35. The summed E-state index contributed by atoms with van der Waals surface area (Å²) in [4.78, 5) is 14.1. The molecular weight excluding hydrogens is 230 g/mol. The van der Waals surface area contributed by atoms with E-state index in [2.05, 4.69) is 29.2 Å². The van der Waals surface area contributed by atoms with Crippen LogP contribution in [0.5, 0.6) is 0 Å². The normalized spacial score (nSPS) is 25.4. The standard InChI is InChI=1S/C13H25N3O2/c1-9(2)7-14-13(17)11(4)16-6-5-12(15-18)10(3)8-16/h9-11,18H,5-8H2,1-4H3,(H,14,17). The van der Waals surface area contributed by atoms with E-state index in [9.17, 15) is 4.79 Å². The van der Waals surface area contributed by atoms with Crippen molar-refractivity contribution in [1.82, 2.24) is 10.2 Å². The zero-order valence-corrected chi connectivity index (χ0v) is 11.8. The molecule has 18 heavy (non-hydrogen) atoms. The molecule has 1 heterocycles. The van der Waals surface area contributed by atoms with Crippen molar-refractivity contribution in [1.29, 1.82) is 0 Å². The zero-order valence-electron chi connectivity index (χ0n) is 11.8. The highest BCUT2D eigenvalue weighted by molar-refractivity contribution is 5.87. The smallest absolute Gasteiger partial charge is 0.237 e. The molecule has 1 rings (SSSR count). The lowest BCUT2D eigenvalue weighted by Crippen LogP contribution is -2.51. The third kappa shape index (κ3) is 3.98. The van der Waals surface area contributed by atoms with Crippen LogP contribution in [0.1, 0.15) is 34.1 Å². The van der Waals surface area contributed by atoms with Crippen molar-refractivity contribution in [2.24, 2.45) is 17.0 Å². The number of amides is 1. The Hall–Kier alpha value is -1.10. The molecule has 2 unspecified atom stereocenters. The maximum absolute atomic E-state index is 12.0. The van der Waals surface area contributed by atoms with Crippen LogP contribution in [0.15, 0.2) is 5.16 Å². The van der Waals surface area contributed by atoms with Crippen LogP contribution >= 0.6 is 0 Å². The summed E-state index contributed by atoms with van der Waals surface area (Å²) in [6, 6.07) is -0.119. The molecule has 104 valence electrons. The van der Waals surface area contributed by atoms with Crippen molar-refractivity contribution in [2.75, 3.05) is 19.6 Å².